The normalized spacial score (nSPS) is 10.3. The van der Waals surface area contributed by atoms with Gasteiger partial charge < -0.3 is 9.84 Å². The molecule has 5 nitrogen and oxygen atoms in total. The van der Waals surface area contributed by atoms with Crippen LogP contribution in [0, 0.1) is 6.92 Å². The summed E-state index contributed by atoms with van der Waals surface area (Å²) in [5.41, 5.74) is 1.29. The first-order chi connectivity index (χ1) is 9.04. The van der Waals surface area contributed by atoms with E-state index in [9.17, 15) is 4.79 Å². The zero-order valence-corrected chi connectivity index (χ0v) is 11.5. The van der Waals surface area contributed by atoms with Gasteiger partial charge >= 0.3 is 0 Å². The van der Waals surface area contributed by atoms with E-state index in [0.29, 0.717) is 27.3 Å². The van der Waals surface area contributed by atoms with Gasteiger partial charge in [0.25, 0.3) is 0 Å². The molecular weight excluding hydrogens is 289 g/mol. The Morgan fingerprint density at radius 2 is 2.16 bits per heavy atom. The predicted molar refractivity (Wildman–Crippen MR) is 74.8 cm³/mol. The molecule has 0 saturated carbocycles. The van der Waals surface area contributed by atoms with Gasteiger partial charge in [-0.25, -0.2) is 0 Å². The Morgan fingerprint density at radius 3 is 2.84 bits per heavy atom. The van der Waals surface area contributed by atoms with Gasteiger partial charge in [0, 0.05) is 11.1 Å². The van der Waals surface area contributed by atoms with Crippen molar-refractivity contribution in [3.63, 3.8) is 0 Å². The lowest BCUT2D eigenvalue weighted by atomic mass is 10.3. The Hall–Kier alpha value is -1.72. The van der Waals surface area contributed by atoms with Crippen LogP contribution in [0.5, 0.6) is 0 Å². The molecule has 1 amide bonds. The van der Waals surface area contributed by atoms with Crippen LogP contribution in [0.4, 0.5) is 11.6 Å². The molecule has 0 atom stereocenters. The van der Waals surface area contributed by atoms with Crippen molar-refractivity contribution in [2.45, 2.75) is 6.92 Å². The van der Waals surface area contributed by atoms with Crippen molar-refractivity contribution in [3.05, 3.63) is 40.0 Å². The van der Waals surface area contributed by atoms with Crippen molar-refractivity contribution in [2.24, 2.45) is 0 Å². The van der Waals surface area contributed by atoms with Crippen molar-refractivity contribution in [2.75, 3.05) is 17.2 Å². The number of hydrogen-bond acceptors (Lipinski definition) is 4. The van der Waals surface area contributed by atoms with E-state index >= 15 is 0 Å². The van der Waals surface area contributed by atoms with Crippen LogP contribution in [0.3, 0.4) is 0 Å². The smallest absolute Gasteiger partial charge is 0.246 e. The number of benzene rings is 1. The number of carbonyl (C=O) groups excluding carboxylic acids is 1. The summed E-state index contributed by atoms with van der Waals surface area (Å²) in [4.78, 5) is 11.7. The number of aryl methyl sites for hydroxylation is 1. The Labute approximate surface area is 119 Å². The first-order valence-electron chi connectivity index (χ1n) is 5.46. The molecule has 0 aliphatic heterocycles. The maximum absolute atomic E-state index is 11.7. The highest BCUT2D eigenvalue weighted by atomic mass is 35.5. The molecule has 2 rings (SSSR count). The molecule has 0 unspecified atom stereocenters. The second-order valence-electron chi connectivity index (χ2n) is 3.86. The van der Waals surface area contributed by atoms with Crippen LogP contribution in [0.15, 0.2) is 28.8 Å². The van der Waals surface area contributed by atoms with Gasteiger partial charge in [0.15, 0.2) is 0 Å². The number of rotatable bonds is 4. The first kappa shape index (κ1) is 13.7. The fourth-order valence-electron chi connectivity index (χ4n) is 1.41. The third-order valence-electron chi connectivity index (χ3n) is 2.26. The Kier molecular flexibility index (Phi) is 4.29. The van der Waals surface area contributed by atoms with Gasteiger partial charge in [-0.1, -0.05) is 28.4 Å². The molecule has 0 bridgehead atoms. The topological polar surface area (TPSA) is 67.2 Å². The highest BCUT2D eigenvalue weighted by molar-refractivity contribution is 6.35. The number of hydrogen-bond donors (Lipinski definition) is 2. The van der Waals surface area contributed by atoms with Gasteiger partial charge in [-0.2, -0.15) is 0 Å². The maximum Gasteiger partial charge on any atom is 0.246 e. The van der Waals surface area contributed by atoms with E-state index in [1.54, 1.807) is 31.2 Å². The standard InChI is InChI=1S/C12H11Cl2N3O2/c1-7-4-12(19-17-7)16-11(18)6-15-10-5-8(13)2-3-9(10)14/h2-5,15H,6H2,1H3,(H,16,18). The lowest BCUT2D eigenvalue weighted by molar-refractivity contribution is -0.114. The highest BCUT2D eigenvalue weighted by Gasteiger charge is 2.07. The fraction of sp³-hybridized carbons (Fsp3) is 0.167. The summed E-state index contributed by atoms with van der Waals surface area (Å²) in [6, 6.07) is 6.61. The number of carbonyl (C=O) groups is 1. The zero-order chi connectivity index (χ0) is 13.8. The van der Waals surface area contributed by atoms with E-state index in [-0.39, 0.29) is 12.5 Å². The lowest BCUT2D eigenvalue weighted by Gasteiger charge is -2.08. The van der Waals surface area contributed by atoms with Crippen LogP contribution in [-0.2, 0) is 4.79 Å². The zero-order valence-electron chi connectivity index (χ0n) is 10.0. The average molecular weight is 300 g/mol. The van der Waals surface area contributed by atoms with Crippen LogP contribution in [-0.4, -0.2) is 17.6 Å². The quantitative estimate of drug-likeness (QED) is 0.908. The van der Waals surface area contributed by atoms with Gasteiger partial charge in [0.2, 0.25) is 11.8 Å². The number of anilines is 2. The summed E-state index contributed by atoms with van der Waals surface area (Å²) in [6.45, 7) is 1.81. The molecule has 1 heterocycles. The van der Waals surface area contributed by atoms with Crippen LogP contribution in [0.25, 0.3) is 0 Å². The molecule has 2 aromatic rings. The third kappa shape index (κ3) is 3.87. The number of nitrogens with one attached hydrogen (secondary N) is 2. The Bertz CT molecular complexity index is 598. The SMILES string of the molecule is Cc1cc(NC(=O)CNc2cc(Cl)ccc2Cl)on1. The second kappa shape index (κ2) is 5.95. The molecule has 0 aliphatic rings. The maximum atomic E-state index is 11.7. The van der Waals surface area contributed by atoms with Gasteiger partial charge in [0.1, 0.15) is 0 Å². The molecule has 0 aliphatic carbocycles. The minimum Gasteiger partial charge on any atom is -0.375 e. The van der Waals surface area contributed by atoms with Gasteiger partial charge in [-0.15, -0.1) is 0 Å². The molecule has 0 fully saturated rings. The summed E-state index contributed by atoms with van der Waals surface area (Å²) in [7, 11) is 0. The second-order valence-corrected chi connectivity index (χ2v) is 4.70. The number of nitrogens with zero attached hydrogens (tertiary/aromatic N) is 1. The molecular formula is C12H11Cl2N3O2. The van der Waals surface area contributed by atoms with E-state index in [4.69, 9.17) is 27.7 Å². The molecule has 2 N–H and O–H groups in total. The highest BCUT2D eigenvalue weighted by Crippen LogP contribution is 2.25. The predicted octanol–water partition coefficient (Wildman–Crippen LogP) is 3.34. The van der Waals surface area contributed by atoms with Gasteiger partial charge in [-0.05, 0) is 25.1 Å². The number of aromatic nitrogens is 1. The fourth-order valence-corrected chi connectivity index (χ4v) is 1.77. The summed E-state index contributed by atoms with van der Waals surface area (Å²) >= 11 is 11.8. The monoisotopic (exact) mass is 299 g/mol. The Balaban J connectivity index is 1.91. The Morgan fingerprint density at radius 1 is 1.37 bits per heavy atom. The number of halogens is 2. The molecule has 1 aromatic heterocycles. The van der Waals surface area contributed by atoms with Gasteiger partial charge in [0.05, 0.1) is 22.9 Å². The van der Waals surface area contributed by atoms with E-state index in [1.165, 1.54) is 0 Å². The molecule has 100 valence electrons. The van der Waals surface area contributed by atoms with Crippen LogP contribution < -0.4 is 10.6 Å². The summed E-state index contributed by atoms with van der Waals surface area (Å²) in [5.74, 6) is 0.0358. The molecule has 19 heavy (non-hydrogen) atoms. The molecule has 1 aromatic carbocycles. The summed E-state index contributed by atoms with van der Waals surface area (Å²) in [6.07, 6.45) is 0. The first-order valence-corrected chi connectivity index (χ1v) is 6.22. The van der Waals surface area contributed by atoms with E-state index < -0.39 is 0 Å². The van der Waals surface area contributed by atoms with E-state index in [0.717, 1.165) is 0 Å². The van der Waals surface area contributed by atoms with Crippen LogP contribution >= 0.6 is 23.2 Å². The van der Waals surface area contributed by atoms with Crippen molar-refractivity contribution in [3.8, 4) is 0 Å². The van der Waals surface area contributed by atoms with Crippen LogP contribution in [0.1, 0.15) is 5.69 Å². The van der Waals surface area contributed by atoms with E-state index in [2.05, 4.69) is 15.8 Å². The average Bonchev–Trinajstić information content (AvgIpc) is 2.76. The molecule has 0 saturated heterocycles. The lowest BCUT2D eigenvalue weighted by Crippen LogP contribution is -2.21. The van der Waals surface area contributed by atoms with E-state index in [1.807, 2.05) is 0 Å². The minimum atomic E-state index is -0.271. The van der Waals surface area contributed by atoms with Gasteiger partial charge in [-0.3, -0.25) is 10.1 Å². The molecule has 7 heteroatoms. The van der Waals surface area contributed by atoms with Crippen molar-refractivity contribution in [1.82, 2.24) is 5.16 Å². The number of amides is 1. The summed E-state index contributed by atoms with van der Waals surface area (Å²) < 4.78 is 4.87. The van der Waals surface area contributed by atoms with Crippen molar-refractivity contribution in [1.29, 1.82) is 0 Å². The molecule has 0 radical (unpaired) electrons. The largest absolute Gasteiger partial charge is 0.375 e. The minimum absolute atomic E-state index is 0.0415. The summed E-state index contributed by atoms with van der Waals surface area (Å²) in [5, 5.41) is 10.1. The third-order valence-corrected chi connectivity index (χ3v) is 2.82. The van der Waals surface area contributed by atoms with Crippen molar-refractivity contribution >= 4 is 40.7 Å². The molecule has 0 spiro atoms. The van der Waals surface area contributed by atoms with Crippen LogP contribution in [0.2, 0.25) is 10.0 Å². The van der Waals surface area contributed by atoms with Crippen molar-refractivity contribution < 1.29 is 9.32 Å².